The molecule has 27 heavy (non-hydrogen) atoms. The smallest absolute Gasteiger partial charge is 0.328 e. The Balaban J connectivity index is 1.88. The number of aromatic nitrogens is 2. The van der Waals surface area contributed by atoms with Crippen molar-refractivity contribution in [1.82, 2.24) is 15.1 Å². The summed E-state index contributed by atoms with van der Waals surface area (Å²) >= 11 is 13.5. The number of hydrogen-bond acceptors (Lipinski definition) is 5. The van der Waals surface area contributed by atoms with E-state index in [9.17, 15) is 9.59 Å². The van der Waals surface area contributed by atoms with Crippen molar-refractivity contribution in [2.45, 2.75) is 26.4 Å². The molecular formula is C18H17Cl2N3O3S. The van der Waals surface area contributed by atoms with E-state index in [1.165, 1.54) is 18.4 Å². The molecule has 9 heteroatoms. The maximum atomic E-state index is 12.4. The summed E-state index contributed by atoms with van der Waals surface area (Å²) in [6.07, 6.45) is 0. The third-order valence-electron chi connectivity index (χ3n) is 4.07. The number of ether oxygens (including phenoxy) is 1. The summed E-state index contributed by atoms with van der Waals surface area (Å²) in [4.78, 5) is 25.3. The van der Waals surface area contributed by atoms with Crippen molar-refractivity contribution in [1.29, 1.82) is 0 Å². The number of nitrogens with zero attached hydrogens (tertiary/aromatic N) is 2. The van der Waals surface area contributed by atoms with Crippen LogP contribution in [0.15, 0.2) is 24.3 Å². The fraction of sp³-hybridized carbons (Fsp3) is 0.278. The zero-order valence-electron chi connectivity index (χ0n) is 14.9. The number of rotatable bonds is 5. The second kappa shape index (κ2) is 7.88. The molecule has 1 unspecified atom stereocenters. The zero-order valence-corrected chi connectivity index (χ0v) is 17.2. The summed E-state index contributed by atoms with van der Waals surface area (Å²) in [5, 5.41) is 9.19. The van der Waals surface area contributed by atoms with E-state index in [4.69, 9.17) is 23.2 Å². The average molecular weight is 426 g/mol. The quantitative estimate of drug-likeness (QED) is 0.625. The fourth-order valence-electron chi connectivity index (χ4n) is 2.65. The molecule has 0 bridgehead atoms. The Morgan fingerprint density at radius 1 is 1.33 bits per heavy atom. The topological polar surface area (TPSA) is 73.2 Å². The first kappa shape index (κ1) is 19.7. The van der Waals surface area contributed by atoms with Crippen LogP contribution in [0.4, 0.5) is 0 Å². The highest BCUT2D eigenvalue weighted by molar-refractivity contribution is 7.20. The van der Waals surface area contributed by atoms with Gasteiger partial charge < -0.3 is 10.1 Å². The van der Waals surface area contributed by atoms with Crippen LogP contribution < -0.4 is 5.32 Å². The van der Waals surface area contributed by atoms with Gasteiger partial charge in [0.2, 0.25) is 0 Å². The molecule has 142 valence electrons. The lowest BCUT2D eigenvalue weighted by molar-refractivity contribution is -0.142. The number of carbonyl (C=O) groups is 2. The lowest BCUT2D eigenvalue weighted by atomic mass is 10.2. The van der Waals surface area contributed by atoms with Gasteiger partial charge in [0, 0.05) is 15.4 Å². The molecule has 0 saturated carbocycles. The third kappa shape index (κ3) is 4.10. The van der Waals surface area contributed by atoms with Gasteiger partial charge in [0.1, 0.15) is 10.9 Å². The highest BCUT2D eigenvalue weighted by Crippen LogP contribution is 2.30. The number of methoxy groups -OCH3 is 1. The number of amides is 1. The van der Waals surface area contributed by atoms with Gasteiger partial charge in [-0.3, -0.25) is 9.48 Å². The van der Waals surface area contributed by atoms with E-state index >= 15 is 0 Å². The van der Waals surface area contributed by atoms with Crippen molar-refractivity contribution in [3.63, 3.8) is 0 Å². The first-order chi connectivity index (χ1) is 12.8. The maximum absolute atomic E-state index is 12.4. The number of benzene rings is 1. The first-order valence-electron chi connectivity index (χ1n) is 8.09. The van der Waals surface area contributed by atoms with Gasteiger partial charge in [0.25, 0.3) is 5.91 Å². The van der Waals surface area contributed by atoms with Gasteiger partial charge in [-0.05, 0) is 37.6 Å². The van der Waals surface area contributed by atoms with E-state index in [1.54, 1.807) is 25.1 Å². The van der Waals surface area contributed by atoms with Crippen LogP contribution in [0.25, 0.3) is 10.2 Å². The molecule has 2 aromatic heterocycles. The number of thiophene rings is 1. The first-order valence-corrected chi connectivity index (χ1v) is 9.67. The number of carbonyl (C=O) groups excluding carboxylic acids is 2. The molecule has 1 atom stereocenters. The van der Waals surface area contributed by atoms with Crippen molar-refractivity contribution in [3.05, 3.63) is 50.4 Å². The second-order valence-electron chi connectivity index (χ2n) is 6.03. The molecular weight excluding hydrogens is 409 g/mol. The summed E-state index contributed by atoms with van der Waals surface area (Å²) in [6.45, 7) is 3.92. The van der Waals surface area contributed by atoms with E-state index < -0.39 is 12.0 Å². The molecule has 3 aromatic rings. The Bertz CT molecular complexity index is 1030. The molecule has 0 spiro atoms. The van der Waals surface area contributed by atoms with Crippen LogP contribution in [0.3, 0.4) is 0 Å². The summed E-state index contributed by atoms with van der Waals surface area (Å²) in [5.41, 5.74) is 1.69. The van der Waals surface area contributed by atoms with Crippen molar-refractivity contribution in [2.24, 2.45) is 0 Å². The Kier molecular flexibility index (Phi) is 5.74. The lowest BCUT2D eigenvalue weighted by Gasteiger charge is -2.10. The number of nitrogens with one attached hydrogen (secondary N) is 1. The molecule has 3 rings (SSSR count). The van der Waals surface area contributed by atoms with Crippen molar-refractivity contribution in [3.8, 4) is 0 Å². The van der Waals surface area contributed by atoms with E-state index in [2.05, 4.69) is 15.2 Å². The highest BCUT2D eigenvalue weighted by atomic mass is 35.5. The monoisotopic (exact) mass is 425 g/mol. The van der Waals surface area contributed by atoms with E-state index in [-0.39, 0.29) is 5.91 Å². The predicted octanol–water partition coefficient (Wildman–Crippen LogP) is 4.05. The molecule has 2 heterocycles. The second-order valence-corrected chi connectivity index (χ2v) is 7.90. The number of aryl methyl sites for hydroxylation is 1. The molecule has 6 nitrogen and oxygen atoms in total. The Morgan fingerprint density at radius 2 is 2.07 bits per heavy atom. The average Bonchev–Trinajstić information content (AvgIpc) is 3.18. The maximum Gasteiger partial charge on any atom is 0.328 e. The Hall–Kier alpha value is -2.09. The summed E-state index contributed by atoms with van der Waals surface area (Å²) in [7, 11) is 1.28. The summed E-state index contributed by atoms with van der Waals surface area (Å²) in [5.74, 6) is -0.825. The van der Waals surface area contributed by atoms with Crippen LogP contribution in [0, 0.1) is 6.92 Å². The third-order valence-corrected chi connectivity index (χ3v) is 5.80. The molecule has 0 aliphatic heterocycles. The lowest BCUT2D eigenvalue weighted by Crippen LogP contribution is -2.38. The minimum Gasteiger partial charge on any atom is -0.467 e. The molecule has 0 saturated heterocycles. The van der Waals surface area contributed by atoms with Crippen molar-refractivity contribution < 1.29 is 14.3 Å². The minimum absolute atomic E-state index is 0.329. The normalized spacial score (nSPS) is 12.2. The van der Waals surface area contributed by atoms with Crippen LogP contribution in [0.1, 0.15) is 27.9 Å². The van der Waals surface area contributed by atoms with Crippen molar-refractivity contribution >= 4 is 56.6 Å². The van der Waals surface area contributed by atoms with E-state index in [1.807, 2.05) is 17.7 Å². The van der Waals surface area contributed by atoms with Gasteiger partial charge >= 0.3 is 5.97 Å². The minimum atomic E-state index is -0.724. The van der Waals surface area contributed by atoms with Crippen LogP contribution >= 0.6 is 34.5 Å². The van der Waals surface area contributed by atoms with Gasteiger partial charge in [-0.1, -0.05) is 29.3 Å². The van der Waals surface area contributed by atoms with E-state index in [0.29, 0.717) is 21.5 Å². The number of hydrogen-bond donors (Lipinski definition) is 1. The van der Waals surface area contributed by atoms with Crippen LogP contribution in [0.5, 0.6) is 0 Å². The number of fused-ring (bicyclic) bond motifs is 1. The van der Waals surface area contributed by atoms with Crippen LogP contribution in [-0.4, -0.2) is 34.8 Å². The molecule has 0 radical (unpaired) electrons. The van der Waals surface area contributed by atoms with Crippen LogP contribution in [0.2, 0.25) is 10.0 Å². The van der Waals surface area contributed by atoms with Crippen molar-refractivity contribution in [2.75, 3.05) is 7.11 Å². The molecule has 0 aliphatic carbocycles. The Labute approximate surface area is 170 Å². The molecule has 0 fully saturated rings. The molecule has 1 N–H and O–H groups in total. The Morgan fingerprint density at radius 3 is 2.74 bits per heavy atom. The standard InChI is InChI=1S/C18H17Cl2N3O3S/c1-9-13-7-15(16(24)21-10(2)18(25)26-3)27-17(13)23(22-9)8-11-4-5-12(19)6-14(11)20/h4-7,10H,8H2,1-3H3,(H,21,24). The zero-order chi connectivity index (χ0) is 19.7. The number of halogens is 2. The van der Waals surface area contributed by atoms with Crippen LogP contribution in [-0.2, 0) is 16.1 Å². The fourth-order valence-corrected chi connectivity index (χ4v) is 4.18. The SMILES string of the molecule is COC(=O)C(C)NC(=O)c1cc2c(C)nn(Cc3ccc(Cl)cc3Cl)c2s1. The largest absolute Gasteiger partial charge is 0.467 e. The number of esters is 1. The molecule has 1 aromatic carbocycles. The van der Waals surface area contributed by atoms with Gasteiger partial charge in [0.15, 0.2) is 0 Å². The highest BCUT2D eigenvalue weighted by Gasteiger charge is 2.21. The van der Waals surface area contributed by atoms with Gasteiger partial charge in [-0.25, -0.2) is 4.79 Å². The molecule has 1 amide bonds. The summed E-state index contributed by atoms with van der Waals surface area (Å²) < 4.78 is 6.44. The van der Waals surface area contributed by atoms with Gasteiger partial charge in [-0.2, -0.15) is 5.10 Å². The van der Waals surface area contributed by atoms with E-state index in [0.717, 1.165) is 21.5 Å². The molecule has 0 aliphatic rings. The summed E-state index contributed by atoms with van der Waals surface area (Å²) in [6, 6.07) is 6.37. The van der Waals surface area contributed by atoms with Gasteiger partial charge in [-0.15, -0.1) is 11.3 Å². The predicted molar refractivity (Wildman–Crippen MR) is 107 cm³/mol. The van der Waals surface area contributed by atoms with Gasteiger partial charge in [0.05, 0.1) is 24.2 Å².